The van der Waals surface area contributed by atoms with Crippen LogP contribution in [0, 0.1) is 5.92 Å². The fourth-order valence-electron chi connectivity index (χ4n) is 2.75. The lowest BCUT2D eigenvalue weighted by Crippen LogP contribution is -2.39. The summed E-state index contributed by atoms with van der Waals surface area (Å²) in [6, 6.07) is 0. The van der Waals surface area contributed by atoms with Gasteiger partial charge in [0, 0.05) is 19.0 Å². The van der Waals surface area contributed by atoms with Gasteiger partial charge in [0.2, 0.25) is 5.91 Å². The molecule has 0 saturated heterocycles. The zero-order valence-electron chi connectivity index (χ0n) is 12.8. The molecule has 0 aromatic rings. The molecule has 1 N–H and O–H groups in total. The Morgan fingerprint density at radius 2 is 1.70 bits per heavy atom. The average Bonchev–Trinajstić information content (AvgIpc) is 2.42. The van der Waals surface area contributed by atoms with Gasteiger partial charge in [-0.05, 0) is 39.9 Å². The first-order chi connectivity index (χ1) is 9.50. The molecule has 1 saturated carbocycles. The fourth-order valence-corrected chi connectivity index (χ4v) is 2.75. The Morgan fingerprint density at radius 3 is 2.25 bits per heavy atom. The number of carboxylic acid groups (broad SMARTS) is 1. The average molecular weight is 284 g/mol. The summed E-state index contributed by atoms with van der Waals surface area (Å²) in [5.74, 6) is -0.541. The Kier molecular flexibility index (Phi) is 7.59. The fraction of sp³-hybridized carbons (Fsp3) is 0.867. The summed E-state index contributed by atoms with van der Waals surface area (Å²) in [4.78, 5) is 27.1. The number of carboxylic acids is 1. The molecule has 0 aromatic carbocycles. The van der Waals surface area contributed by atoms with Crippen LogP contribution in [0.4, 0.5) is 0 Å². The highest BCUT2D eigenvalue weighted by atomic mass is 16.4. The standard InChI is InChI=1S/C15H28N2O3/c1-16(2)10-6-11-17(12-9-14(18)19)15(20)13-7-4-3-5-8-13/h13H,3-12H2,1-2H3,(H,18,19). The lowest BCUT2D eigenvalue weighted by atomic mass is 9.88. The molecule has 116 valence electrons. The summed E-state index contributed by atoms with van der Waals surface area (Å²) in [5, 5.41) is 8.82. The molecule has 1 rings (SSSR count). The Labute approximate surface area is 121 Å². The highest BCUT2D eigenvalue weighted by Gasteiger charge is 2.25. The first kappa shape index (κ1) is 17.0. The van der Waals surface area contributed by atoms with Gasteiger partial charge in [0.15, 0.2) is 0 Å². The Bertz CT molecular complexity index is 312. The van der Waals surface area contributed by atoms with E-state index in [0.717, 1.165) is 38.6 Å². The quantitative estimate of drug-likeness (QED) is 0.738. The van der Waals surface area contributed by atoms with E-state index in [1.807, 2.05) is 14.1 Å². The van der Waals surface area contributed by atoms with Crippen LogP contribution in [-0.2, 0) is 9.59 Å². The second kappa shape index (κ2) is 8.95. The van der Waals surface area contributed by atoms with Crippen molar-refractivity contribution in [1.82, 2.24) is 9.80 Å². The summed E-state index contributed by atoms with van der Waals surface area (Å²) >= 11 is 0. The topological polar surface area (TPSA) is 60.9 Å². The normalized spacial score (nSPS) is 16.4. The number of rotatable bonds is 8. The van der Waals surface area contributed by atoms with Gasteiger partial charge in [-0.1, -0.05) is 19.3 Å². The summed E-state index contributed by atoms with van der Waals surface area (Å²) in [7, 11) is 4.01. The molecule has 1 aliphatic rings. The minimum atomic E-state index is -0.834. The zero-order valence-corrected chi connectivity index (χ0v) is 12.8. The molecule has 1 amide bonds. The monoisotopic (exact) mass is 284 g/mol. The van der Waals surface area contributed by atoms with Crippen LogP contribution in [0.25, 0.3) is 0 Å². The third-order valence-electron chi connectivity index (χ3n) is 3.90. The predicted molar refractivity (Wildman–Crippen MR) is 78.6 cm³/mol. The first-order valence-electron chi connectivity index (χ1n) is 7.66. The highest BCUT2D eigenvalue weighted by molar-refractivity contribution is 5.79. The van der Waals surface area contributed by atoms with Gasteiger partial charge in [0.1, 0.15) is 0 Å². The number of hydrogen-bond acceptors (Lipinski definition) is 3. The molecule has 1 fully saturated rings. The lowest BCUT2D eigenvalue weighted by Gasteiger charge is -2.29. The van der Waals surface area contributed by atoms with Gasteiger partial charge in [-0.2, -0.15) is 0 Å². The van der Waals surface area contributed by atoms with Crippen molar-refractivity contribution in [3.63, 3.8) is 0 Å². The number of hydrogen-bond donors (Lipinski definition) is 1. The SMILES string of the molecule is CN(C)CCCN(CCC(=O)O)C(=O)C1CCCCC1. The molecule has 1 aliphatic carbocycles. The van der Waals surface area contributed by atoms with E-state index in [0.29, 0.717) is 13.1 Å². The van der Waals surface area contributed by atoms with E-state index in [2.05, 4.69) is 4.90 Å². The van der Waals surface area contributed by atoms with Crippen LogP contribution in [0.5, 0.6) is 0 Å². The molecule has 0 unspecified atom stereocenters. The maximum absolute atomic E-state index is 12.5. The van der Waals surface area contributed by atoms with Crippen molar-refractivity contribution in [1.29, 1.82) is 0 Å². The van der Waals surface area contributed by atoms with Gasteiger partial charge in [0.05, 0.1) is 6.42 Å². The van der Waals surface area contributed by atoms with Gasteiger partial charge in [-0.3, -0.25) is 9.59 Å². The van der Waals surface area contributed by atoms with Crippen molar-refractivity contribution >= 4 is 11.9 Å². The van der Waals surface area contributed by atoms with Gasteiger partial charge in [-0.25, -0.2) is 0 Å². The van der Waals surface area contributed by atoms with Gasteiger partial charge in [0.25, 0.3) is 0 Å². The maximum atomic E-state index is 12.5. The third kappa shape index (κ3) is 6.37. The molecule has 0 aliphatic heterocycles. The largest absolute Gasteiger partial charge is 0.481 e. The van der Waals surface area contributed by atoms with Crippen molar-refractivity contribution in [3.8, 4) is 0 Å². The summed E-state index contributed by atoms with van der Waals surface area (Å²) in [6.07, 6.45) is 6.35. The zero-order chi connectivity index (χ0) is 15.0. The van der Waals surface area contributed by atoms with Crippen LogP contribution < -0.4 is 0 Å². The number of carbonyl (C=O) groups excluding carboxylic acids is 1. The van der Waals surface area contributed by atoms with Crippen LogP contribution in [0.3, 0.4) is 0 Å². The number of amides is 1. The van der Waals surface area contributed by atoms with E-state index in [9.17, 15) is 9.59 Å². The van der Waals surface area contributed by atoms with Crippen LogP contribution in [-0.4, -0.2) is 60.5 Å². The Hall–Kier alpha value is -1.10. The molecule has 5 heteroatoms. The van der Waals surface area contributed by atoms with Crippen molar-refractivity contribution in [2.24, 2.45) is 5.92 Å². The van der Waals surface area contributed by atoms with Crippen LogP contribution in [0.2, 0.25) is 0 Å². The molecule has 0 atom stereocenters. The van der Waals surface area contributed by atoms with E-state index >= 15 is 0 Å². The Balaban J connectivity index is 2.49. The molecule has 0 bridgehead atoms. The second-order valence-corrected chi connectivity index (χ2v) is 5.96. The smallest absolute Gasteiger partial charge is 0.305 e. The molecule has 0 heterocycles. The molecular weight excluding hydrogens is 256 g/mol. The van der Waals surface area contributed by atoms with Crippen molar-refractivity contribution in [2.75, 3.05) is 33.7 Å². The van der Waals surface area contributed by atoms with E-state index < -0.39 is 5.97 Å². The van der Waals surface area contributed by atoms with E-state index in [-0.39, 0.29) is 18.2 Å². The first-order valence-corrected chi connectivity index (χ1v) is 7.66. The maximum Gasteiger partial charge on any atom is 0.305 e. The molecule has 0 aromatic heterocycles. The molecule has 20 heavy (non-hydrogen) atoms. The van der Waals surface area contributed by atoms with Crippen molar-refractivity contribution < 1.29 is 14.7 Å². The van der Waals surface area contributed by atoms with E-state index in [4.69, 9.17) is 5.11 Å². The van der Waals surface area contributed by atoms with Gasteiger partial charge >= 0.3 is 5.97 Å². The third-order valence-corrected chi connectivity index (χ3v) is 3.90. The van der Waals surface area contributed by atoms with Crippen LogP contribution >= 0.6 is 0 Å². The summed E-state index contributed by atoms with van der Waals surface area (Å²) < 4.78 is 0. The number of carbonyl (C=O) groups is 2. The van der Waals surface area contributed by atoms with Gasteiger partial charge in [-0.15, -0.1) is 0 Å². The number of nitrogens with zero attached hydrogens (tertiary/aromatic N) is 2. The van der Waals surface area contributed by atoms with E-state index in [1.165, 1.54) is 6.42 Å². The molecule has 0 radical (unpaired) electrons. The predicted octanol–water partition coefficient (Wildman–Crippen LogP) is 1.82. The molecular formula is C15H28N2O3. The van der Waals surface area contributed by atoms with E-state index in [1.54, 1.807) is 4.90 Å². The summed E-state index contributed by atoms with van der Waals surface area (Å²) in [5.41, 5.74) is 0. The van der Waals surface area contributed by atoms with Gasteiger partial charge < -0.3 is 14.9 Å². The second-order valence-electron chi connectivity index (χ2n) is 5.96. The van der Waals surface area contributed by atoms with Crippen molar-refractivity contribution in [3.05, 3.63) is 0 Å². The highest BCUT2D eigenvalue weighted by Crippen LogP contribution is 2.25. The minimum absolute atomic E-state index is 0.0421. The minimum Gasteiger partial charge on any atom is -0.481 e. The van der Waals surface area contributed by atoms with Crippen LogP contribution in [0.1, 0.15) is 44.9 Å². The van der Waals surface area contributed by atoms with Crippen LogP contribution in [0.15, 0.2) is 0 Å². The Morgan fingerprint density at radius 1 is 1.05 bits per heavy atom. The lowest BCUT2D eigenvalue weighted by molar-refractivity contribution is -0.140. The molecule has 5 nitrogen and oxygen atoms in total. The number of aliphatic carboxylic acids is 1. The molecule has 0 spiro atoms. The summed E-state index contributed by atoms with van der Waals surface area (Å²) in [6.45, 7) is 1.93. The van der Waals surface area contributed by atoms with Crippen molar-refractivity contribution in [2.45, 2.75) is 44.9 Å².